The maximum Gasteiger partial charge on any atom is 0.120 e. The molecule has 0 N–H and O–H groups in total. The monoisotopic (exact) mass is 654 g/mol. The van der Waals surface area contributed by atoms with Crippen molar-refractivity contribution in [3.05, 3.63) is 145 Å². The molecule has 0 aliphatic heterocycles. The fourth-order valence-electron chi connectivity index (χ4n) is 3.89. The summed E-state index contributed by atoms with van der Waals surface area (Å²) in [5.74, 6) is 0. The zero-order valence-electron chi connectivity index (χ0n) is 23.8. The second-order valence-electron chi connectivity index (χ2n) is 9.19. The van der Waals surface area contributed by atoms with Crippen LogP contribution >= 0.6 is 0 Å². The van der Waals surface area contributed by atoms with E-state index in [9.17, 15) is 4.79 Å². The smallest absolute Gasteiger partial charge is 0.120 e. The van der Waals surface area contributed by atoms with Crippen LogP contribution in [-0.2, 0) is 30.7 Å². The predicted molar refractivity (Wildman–Crippen MR) is 166 cm³/mol. The van der Waals surface area contributed by atoms with E-state index < -0.39 is 0 Å². The summed E-state index contributed by atoms with van der Waals surface area (Å²) < 4.78 is 0. The summed E-state index contributed by atoms with van der Waals surface area (Å²) in [6.07, 6.45) is 14.0. The second kappa shape index (κ2) is 18.6. The van der Waals surface area contributed by atoms with Crippen molar-refractivity contribution in [3.63, 3.8) is 0 Å². The molecule has 7 nitrogen and oxygen atoms in total. The van der Waals surface area contributed by atoms with Gasteiger partial charge >= 0.3 is 0 Å². The Morgan fingerprint density at radius 3 is 1.33 bits per heavy atom. The molecule has 6 rings (SSSR count). The zero-order chi connectivity index (χ0) is 29.2. The Morgan fingerprint density at radius 1 is 0.512 bits per heavy atom. The molecule has 43 heavy (non-hydrogen) atoms. The van der Waals surface area contributed by atoms with Crippen LogP contribution < -0.4 is 0 Å². The van der Waals surface area contributed by atoms with Crippen molar-refractivity contribution in [1.29, 1.82) is 0 Å². The maximum absolute atomic E-state index is 10.3. The number of unbranched alkanes of at least 4 members (excludes halogenated alkanes) is 1. The molecule has 0 amide bonds. The van der Waals surface area contributed by atoms with Crippen molar-refractivity contribution in [3.8, 4) is 34.2 Å². The Kier molecular flexibility index (Phi) is 14.1. The molecule has 6 aromatic heterocycles. The van der Waals surface area contributed by atoms with Crippen LogP contribution in [-0.4, -0.2) is 36.2 Å². The summed E-state index contributed by atoms with van der Waals surface area (Å²) >= 11 is 0. The fourth-order valence-corrected chi connectivity index (χ4v) is 3.89. The van der Waals surface area contributed by atoms with E-state index in [1.54, 1.807) is 37.2 Å². The number of hydrogen-bond donors (Lipinski definition) is 0. The number of rotatable bonds is 7. The third-order valence-electron chi connectivity index (χ3n) is 5.97. The van der Waals surface area contributed by atoms with Gasteiger partial charge < -0.3 is 4.79 Å². The Hall–Kier alpha value is -4.81. The van der Waals surface area contributed by atoms with E-state index in [0.717, 1.165) is 53.3 Å². The summed E-state index contributed by atoms with van der Waals surface area (Å²) in [4.78, 5) is 35.7. The summed E-state index contributed by atoms with van der Waals surface area (Å²) in [6, 6.07) is 31.2. The number of carbonyl (C=O) groups excluding carboxylic acids is 1. The van der Waals surface area contributed by atoms with Gasteiger partial charge in [-0.2, -0.15) is 0 Å². The van der Waals surface area contributed by atoms with Gasteiger partial charge in [0, 0.05) is 63.1 Å². The number of nitrogens with zero attached hydrogens (tertiary/aromatic N) is 6. The van der Waals surface area contributed by atoms with Crippen LogP contribution in [0.4, 0.5) is 0 Å². The molecule has 0 aromatic carbocycles. The predicted octanol–water partition coefficient (Wildman–Crippen LogP) is 7.26. The topological polar surface area (TPSA) is 94.4 Å². The van der Waals surface area contributed by atoms with Gasteiger partial charge in [0.25, 0.3) is 0 Å². The van der Waals surface area contributed by atoms with Gasteiger partial charge in [-0.3, -0.25) is 29.9 Å². The molecular weight excluding hydrogens is 621 g/mol. The van der Waals surface area contributed by atoms with Crippen molar-refractivity contribution in [2.24, 2.45) is 0 Å². The average molecular weight is 654 g/mol. The molecule has 0 unspecified atom stereocenters. The fraction of sp³-hybridized carbons (Fsp3) is 0.114. The van der Waals surface area contributed by atoms with Gasteiger partial charge in [-0.05, 0) is 104 Å². The first-order valence-electron chi connectivity index (χ1n) is 13.7. The van der Waals surface area contributed by atoms with Gasteiger partial charge in [0.2, 0.25) is 0 Å². The Labute approximate surface area is 265 Å². The van der Waals surface area contributed by atoms with E-state index >= 15 is 0 Å². The van der Waals surface area contributed by atoms with Gasteiger partial charge in [-0.1, -0.05) is 24.3 Å². The van der Waals surface area contributed by atoms with Crippen LogP contribution in [0, 0.1) is 6.92 Å². The van der Waals surface area contributed by atoms with E-state index in [2.05, 4.69) is 29.9 Å². The van der Waals surface area contributed by atoms with Gasteiger partial charge in [0.05, 0.1) is 34.2 Å². The van der Waals surface area contributed by atoms with E-state index in [-0.39, 0.29) is 19.5 Å². The number of hydrogen-bond acceptors (Lipinski definition) is 7. The molecule has 0 aliphatic rings. The van der Waals surface area contributed by atoms with Crippen LogP contribution in [0.3, 0.4) is 0 Å². The molecule has 6 heterocycles. The SMILES string of the molecule is Cc1ccnc(-c2cc(CCCC=O)ccn2)c1.[Ru].c1ccc(-c2ccccn2)nc1.c1ccc(-c2ccccn2)nc1. The molecule has 0 atom stereocenters. The standard InChI is InChI=1S/C15H16N2O.2C10H8N2.Ru/c1-12-5-7-16-14(10-12)15-11-13(6-8-17-15)4-2-3-9-18;2*1-3-7-11-9(5-1)10-6-2-4-8-12-10;/h5-11H,2-4H2,1H3;2*1-8H;. The Morgan fingerprint density at radius 2 is 0.930 bits per heavy atom. The molecular formula is C35H32N6ORu. The minimum absolute atomic E-state index is 0. The van der Waals surface area contributed by atoms with Gasteiger partial charge in [0.1, 0.15) is 6.29 Å². The molecule has 0 fully saturated rings. The third kappa shape index (κ3) is 11.2. The molecule has 8 heteroatoms. The molecule has 0 radical (unpaired) electrons. The van der Waals surface area contributed by atoms with Crippen molar-refractivity contribution in [1.82, 2.24) is 29.9 Å². The first-order valence-corrected chi connectivity index (χ1v) is 13.7. The van der Waals surface area contributed by atoms with Gasteiger partial charge in [0.15, 0.2) is 0 Å². The summed E-state index contributed by atoms with van der Waals surface area (Å²) in [5, 5.41) is 0. The molecule has 216 valence electrons. The van der Waals surface area contributed by atoms with Crippen LogP contribution in [0.15, 0.2) is 134 Å². The number of pyridine rings is 6. The Bertz CT molecular complexity index is 1470. The molecule has 0 saturated carbocycles. The summed E-state index contributed by atoms with van der Waals surface area (Å²) in [5.41, 5.74) is 7.82. The second-order valence-corrected chi connectivity index (χ2v) is 9.19. The number of aromatic nitrogens is 6. The minimum Gasteiger partial charge on any atom is -0.303 e. The average Bonchev–Trinajstić information content (AvgIpc) is 3.07. The van der Waals surface area contributed by atoms with Crippen LogP contribution in [0.2, 0.25) is 0 Å². The Balaban J connectivity index is 0.000000180. The number of aldehydes is 1. The van der Waals surface area contributed by atoms with Gasteiger partial charge in [-0.25, -0.2) is 0 Å². The summed E-state index contributed by atoms with van der Waals surface area (Å²) in [6.45, 7) is 2.04. The first-order chi connectivity index (χ1) is 20.7. The molecule has 0 aliphatic carbocycles. The van der Waals surface area contributed by atoms with E-state index in [0.29, 0.717) is 6.42 Å². The van der Waals surface area contributed by atoms with Crippen molar-refractivity contribution >= 4 is 6.29 Å². The zero-order valence-corrected chi connectivity index (χ0v) is 25.6. The van der Waals surface area contributed by atoms with E-state index in [4.69, 9.17) is 0 Å². The quantitative estimate of drug-likeness (QED) is 0.102. The molecule has 0 saturated heterocycles. The van der Waals surface area contributed by atoms with Gasteiger partial charge in [-0.15, -0.1) is 0 Å². The van der Waals surface area contributed by atoms with Crippen LogP contribution in [0.25, 0.3) is 34.2 Å². The van der Waals surface area contributed by atoms with Crippen LogP contribution in [0.1, 0.15) is 24.0 Å². The van der Waals surface area contributed by atoms with Crippen LogP contribution in [0.5, 0.6) is 0 Å². The number of carbonyl (C=O) groups is 1. The largest absolute Gasteiger partial charge is 0.303 e. The van der Waals surface area contributed by atoms with Crippen molar-refractivity contribution in [2.45, 2.75) is 26.2 Å². The molecule has 0 spiro atoms. The minimum atomic E-state index is 0. The van der Waals surface area contributed by atoms with Crippen molar-refractivity contribution < 1.29 is 24.3 Å². The normalized spacial score (nSPS) is 9.70. The first kappa shape index (κ1) is 32.7. The molecule has 6 aromatic rings. The van der Waals surface area contributed by atoms with E-state index in [1.807, 2.05) is 104 Å². The third-order valence-corrected chi connectivity index (χ3v) is 5.97. The van der Waals surface area contributed by atoms with E-state index in [1.165, 1.54) is 11.1 Å². The summed E-state index contributed by atoms with van der Waals surface area (Å²) in [7, 11) is 0. The molecule has 0 bridgehead atoms. The van der Waals surface area contributed by atoms with Crippen molar-refractivity contribution in [2.75, 3.05) is 0 Å². The number of aryl methyl sites for hydroxylation is 2. The maximum atomic E-state index is 10.3.